The maximum Gasteiger partial charge on any atom is 0.186 e. The molecule has 3 saturated heterocycles. The number of rotatable bonds is 9. The summed E-state index contributed by atoms with van der Waals surface area (Å²) in [5.74, 6) is 1.32. The first-order valence-corrected chi connectivity index (χ1v) is 20.2. The van der Waals surface area contributed by atoms with Gasteiger partial charge in [0.2, 0.25) is 0 Å². The van der Waals surface area contributed by atoms with E-state index < -0.39 is 73.8 Å². The van der Waals surface area contributed by atoms with Gasteiger partial charge in [-0.05, 0) is 111 Å². The van der Waals surface area contributed by atoms with E-state index in [-0.39, 0.29) is 47.4 Å². The third-order valence-electron chi connectivity index (χ3n) is 15.8. The van der Waals surface area contributed by atoms with Gasteiger partial charge in [-0.2, -0.15) is 0 Å². The molecule has 13 heteroatoms. The van der Waals surface area contributed by atoms with Crippen molar-refractivity contribution in [3.8, 4) is 0 Å². The van der Waals surface area contributed by atoms with E-state index in [0.29, 0.717) is 36.5 Å². The van der Waals surface area contributed by atoms with Crippen LogP contribution in [0.2, 0.25) is 0 Å². The van der Waals surface area contributed by atoms with Crippen molar-refractivity contribution < 1.29 is 64.5 Å². The number of hydrogen-bond acceptors (Lipinski definition) is 13. The molecule has 7 rings (SSSR count). The van der Waals surface area contributed by atoms with Crippen LogP contribution in [0.25, 0.3) is 0 Å². The monoisotopic (exact) mass is 742 g/mol. The summed E-state index contributed by atoms with van der Waals surface area (Å²) < 4.78 is 30.0. The Morgan fingerprint density at radius 1 is 0.769 bits per heavy atom. The van der Waals surface area contributed by atoms with Crippen LogP contribution in [0.3, 0.4) is 0 Å². The largest absolute Gasteiger partial charge is 0.394 e. The van der Waals surface area contributed by atoms with Crippen molar-refractivity contribution >= 4 is 0 Å². The Morgan fingerprint density at radius 2 is 1.46 bits per heavy atom. The molecule has 0 amide bonds. The second-order valence-electron chi connectivity index (χ2n) is 18.6. The lowest BCUT2D eigenvalue weighted by Crippen LogP contribution is -2.60. The van der Waals surface area contributed by atoms with Gasteiger partial charge >= 0.3 is 0 Å². The Balaban J connectivity index is 0.934. The van der Waals surface area contributed by atoms with E-state index in [9.17, 15) is 40.9 Å². The molecule has 22 atom stereocenters. The van der Waals surface area contributed by atoms with Gasteiger partial charge in [0.05, 0.1) is 31.5 Å². The highest BCUT2D eigenvalue weighted by Gasteiger charge is 2.68. The predicted octanol–water partition coefficient (Wildman–Crippen LogP) is 1.42. The summed E-state index contributed by atoms with van der Waals surface area (Å²) in [6.45, 7) is 10.6. The Labute approximate surface area is 307 Å². The number of aliphatic hydroxyl groups is 8. The van der Waals surface area contributed by atoms with Crippen LogP contribution in [0.4, 0.5) is 0 Å². The van der Waals surface area contributed by atoms with Crippen molar-refractivity contribution in [3.05, 3.63) is 0 Å². The average molecular weight is 743 g/mol. The fraction of sp³-hybridized carbons (Fsp3) is 1.00. The van der Waals surface area contributed by atoms with Crippen molar-refractivity contribution in [2.24, 2.45) is 52.3 Å². The molecule has 300 valence electrons. The molecule has 0 bridgehead atoms. The highest BCUT2D eigenvalue weighted by Crippen LogP contribution is 2.71. The van der Waals surface area contributed by atoms with Crippen LogP contribution in [0.1, 0.15) is 98.8 Å². The van der Waals surface area contributed by atoms with Crippen LogP contribution in [-0.4, -0.2) is 133 Å². The van der Waals surface area contributed by atoms with Gasteiger partial charge < -0.3 is 64.5 Å². The molecular formula is C39H66O13. The van der Waals surface area contributed by atoms with Crippen LogP contribution in [0.15, 0.2) is 0 Å². The summed E-state index contributed by atoms with van der Waals surface area (Å²) in [4.78, 5) is 0. The fourth-order valence-electron chi connectivity index (χ4n) is 12.6. The van der Waals surface area contributed by atoms with E-state index in [1.807, 2.05) is 6.92 Å². The molecule has 3 heterocycles. The zero-order valence-corrected chi connectivity index (χ0v) is 31.6. The Bertz CT molecular complexity index is 1240. The van der Waals surface area contributed by atoms with E-state index in [2.05, 4.69) is 20.8 Å². The first-order chi connectivity index (χ1) is 24.5. The lowest BCUT2D eigenvalue weighted by Gasteiger charge is -2.61. The summed E-state index contributed by atoms with van der Waals surface area (Å²) in [5, 5.41) is 83.0. The van der Waals surface area contributed by atoms with Gasteiger partial charge in [0.15, 0.2) is 18.4 Å². The summed E-state index contributed by atoms with van der Waals surface area (Å²) in [7, 11) is 0. The van der Waals surface area contributed by atoms with Gasteiger partial charge in [-0.1, -0.05) is 27.7 Å². The Morgan fingerprint density at radius 3 is 2.19 bits per heavy atom. The molecule has 0 radical (unpaired) electrons. The fourth-order valence-corrected chi connectivity index (χ4v) is 12.6. The van der Waals surface area contributed by atoms with Gasteiger partial charge in [-0.15, -0.1) is 0 Å². The highest BCUT2D eigenvalue weighted by molar-refractivity contribution is 5.15. The lowest BCUT2D eigenvalue weighted by atomic mass is 9.44. The second kappa shape index (κ2) is 14.8. The first kappa shape index (κ1) is 39.7. The van der Waals surface area contributed by atoms with Gasteiger partial charge in [0, 0.05) is 12.3 Å². The van der Waals surface area contributed by atoms with E-state index >= 15 is 0 Å². The molecule has 0 unspecified atom stereocenters. The zero-order valence-electron chi connectivity index (χ0n) is 31.6. The Hall–Kier alpha value is -0.520. The van der Waals surface area contributed by atoms with E-state index in [1.54, 1.807) is 6.92 Å². The number of fused-ring (bicyclic) bond motifs is 7. The minimum Gasteiger partial charge on any atom is -0.394 e. The first-order valence-electron chi connectivity index (χ1n) is 20.2. The standard InChI is InChI=1S/C39H66O13/c1-18(17-48-35-33(45)31(43)29(41)20(3)49-35)8-13-39(47)19(2)28-26(52-39)15-25-23-7-6-21-14-22(9-11-37(21,4)24(23)10-12-38(25,28)5)50-36-34(46)32(44)30(42)27(16-40)51-36/h18-36,40-47H,6-17H2,1-5H3/t18-,19-,20-,21+,22-,23+,24-,25-,26-,27+,28-,29-,30-,31+,32-,33+,34+,35+,36+,37-,38-,39+/m0/s1. The normalized spacial score (nSPS) is 56.7. The van der Waals surface area contributed by atoms with Crippen molar-refractivity contribution in [2.45, 2.75) is 178 Å². The topological polar surface area (TPSA) is 208 Å². The Kier molecular flexibility index (Phi) is 11.3. The summed E-state index contributed by atoms with van der Waals surface area (Å²) in [5.41, 5.74) is 0.269. The molecule has 13 nitrogen and oxygen atoms in total. The molecule has 4 aliphatic carbocycles. The van der Waals surface area contributed by atoms with E-state index in [0.717, 1.165) is 51.4 Å². The molecule has 0 spiro atoms. The molecule has 3 aliphatic heterocycles. The minimum atomic E-state index is -1.44. The summed E-state index contributed by atoms with van der Waals surface area (Å²) >= 11 is 0. The van der Waals surface area contributed by atoms with Gasteiger partial charge in [0.1, 0.15) is 42.7 Å². The third-order valence-corrected chi connectivity index (χ3v) is 15.8. The van der Waals surface area contributed by atoms with E-state index in [1.165, 1.54) is 0 Å². The third kappa shape index (κ3) is 6.63. The van der Waals surface area contributed by atoms with Crippen molar-refractivity contribution in [3.63, 3.8) is 0 Å². The quantitative estimate of drug-likeness (QED) is 0.158. The molecular weight excluding hydrogens is 676 g/mol. The predicted molar refractivity (Wildman–Crippen MR) is 185 cm³/mol. The SMILES string of the molecule is C[C@@H](CC[C@@]1(O)O[C@H]2C[C@H]3[C@@H]4CC[C@@H]5C[C@@H](O[C@@H]6O[C@H](CO)[C@H](O)[C@H](O)[C@H]6O)CC[C@]5(C)[C@H]4CC[C@]3(C)[C@H]2[C@@H]1C)CO[C@@H]1O[C@@H](C)[C@H](O)[C@@H](O)[C@H]1O. The number of hydrogen-bond donors (Lipinski definition) is 8. The van der Waals surface area contributed by atoms with Crippen molar-refractivity contribution in [2.75, 3.05) is 13.2 Å². The maximum absolute atomic E-state index is 12.0. The van der Waals surface area contributed by atoms with Crippen molar-refractivity contribution in [1.82, 2.24) is 0 Å². The van der Waals surface area contributed by atoms with Gasteiger partial charge in [-0.25, -0.2) is 0 Å². The second-order valence-corrected chi connectivity index (χ2v) is 18.6. The molecule has 0 aromatic heterocycles. The van der Waals surface area contributed by atoms with Crippen LogP contribution >= 0.6 is 0 Å². The number of aliphatic hydroxyl groups excluding tert-OH is 7. The molecule has 0 aromatic carbocycles. The molecule has 7 aliphatic rings. The smallest absolute Gasteiger partial charge is 0.186 e. The highest BCUT2D eigenvalue weighted by atomic mass is 16.7. The van der Waals surface area contributed by atoms with E-state index in [4.69, 9.17) is 23.7 Å². The summed E-state index contributed by atoms with van der Waals surface area (Å²) in [6.07, 6.45) is -2.58. The molecule has 52 heavy (non-hydrogen) atoms. The van der Waals surface area contributed by atoms with Crippen LogP contribution in [0.5, 0.6) is 0 Å². The van der Waals surface area contributed by atoms with Crippen LogP contribution < -0.4 is 0 Å². The lowest BCUT2D eigenvalue weighted by molar-refractivity contribution is -0.316. The number of ether oxygens (including phenoxy) is 5. The van der Waals surface area contributed by atoms with Crippen molar-refractivity contribution in [1.29, 1.82) is 0 Å². The minimum absolute atomic E-state index is 0.0138. The maximum atomic E-state index is 12.0. The van der Waals surface area contributed by atoms with Crippen LogP contribution in [-0.2, 0) is 23.7 Å². The van der Waals surface area contributed by atoms with Gasteiger partial charge in [0.25, 0.3) is 0 Å². The molecule has 8 N–H and O–H groups in total. The van der Waals surface area contributed by atoms with Gasteiger partial charge in [-0.3, -0.25) is 0 Å². The van der Waals surface area contributed by atoms with Crippen LogP contribution in [0, 0.1) is 52.3 Å². The molecule has 7 fully saturated rings. The summed E-state index contributed by atoms with van der Waals surface area (Å²) in [6, 6.07) is 0. The zero-order chi connectivity index (χ0) is 37.5. The average Bonchev–Trinajstić information content (AvgIpc) is 3.55. The molecule has 4 saturated carbocycles. The molecule has 0 aromatic rings.